The average molecular weight is 517 g/mol. The summed E-state index contributed by atoms with van der Waals surface area (Å²) in [7, 11) is -4.00. The molecule has 1 fully saturated rings. The predicted molar refractivity (Wildman–Crippen MR) is 137 cm³/mol. The Hall–Kier alpha value is -2.54. The molecule has 0 aliphatic carbocycles. The van der Waals surface area contributed by atoms with Crippen LogP contribution in [0.15, 0.2) is 83.8 Å². The van der Waals surface area contributed by atoms with Gasteiger partial charge in [0.25, 0.3) is 10.0 Å². The number of sulfonamides is 1. The van der Waals surface area contributed by atoms with Crippen LogP contribution in [0.2, 0.25) is 10.0 Å². The lowest BCUT2D eigenvalue weighted by molar-refractivity contribution is -0.130. The van der Waals surface area contributed by atoms with Crippen LogP contribution in [0.4, 0.5) is 5.69 Å². The van der Waals surface area contributed by atoms with Gasteiger partial charge in [-0.05, 0) is 73.2 Å². The molecule has 1 saturated heterocycles. The highest BCUT2D eigenvalue weighted by molar-refractivity contribution is 7.92. The molecule has 0 aromatic heterocycles. The first-order chi connectivity index (χ1) is 16.3. The fraction of sp³-hybridized carbons (Fsp3) is 0.269. The maximum Gasteiger partial charge on any atom is 0.264 e. The second-order valence-corrected chi connectivity index (χ2v) is 11.2. The van der Waals surface area contributed by atoms with Crippen molar-refractivity contribution in [2.75, 3.05) is 23.9 Å². The van der Waals surface area contributed by atoms with Gasteiger partial charge in [0, 0.05) is 23.1 Å². The Balaban J connectivity index is 1.49. The van der Waals surface area contributed by atoms with Crippen molar-refractivity contribution in [1.82, 2.24) is 4.90 Å². The number of benzene rings is 3. The lowest BCUT2D eigenvalue weighted by atomic mass is 9.90. The Labute approximate surface area is 211 Å². The smallest absolute Gasteiger partial charge is 0.264 e. The number of amides is 1. The van der Waals surface area contributed by atoms with Crippen molar-refractivity contribution < 1.29 is 13.2 Å². The molecule has 3 aromatic carbocycles. The molecule has 0 unspecified atom stereocenters. The van der Waals surface area contributed by atoms with E-state index in [9.17, 15) is 13.2 Å². The number of carbonyl (C=O) groups is 1. The molecule has 0 N–H and O–H groups in total. The standard InChI is InChI=1S/C26H26Cl2N2O3S/c27-22-9-11-25(12-10-22)34(32,33)30(24-8-4-7-23(28)18-24)19-26(31)29-15-13-21(14-16-29)17-20-5-2-1-3-6-20/h1-12,18,21H,13-17,19H2. The average Bonchev–Trinajstić information content (AvgIpc) is 2.83. The Morgan fingerprint density at radius 1 is 0.882 bits per heavy atom. The summed E-state index contributed by atoms with van der Waals surface area (Å²) >= 11 is 12.1. The van der Waals surface area contributed by atoms with E-state index in [1.807, 2.05) is 18.2 Å². The first kappa shape index (κ1) is 24.6. The van der Waals surface area contributed by atoms with Gasteiger partial charge in [0.15, 0.2) is 0 Å². The topological polar surface area (TPSA) is 57.7 Å². The minimum absolute atomic E-state index is 0.0613. The molecule has 5 nitrogen and oxygen atoms in total. The highest BCUT2D eigenvalue weighted by Gasteiger charge is 2.30. The number of nitrogens with zero attached hydrogens (tertiary/aromatic N) is 2. The molecule has 4 rings (SSSR count). The Morgan fingerprint density at radius 2 is 1.56 bits per heavy atom. The van der Waals surface area contributed by atoms with Crippen LogP contribution >= 0.6 is 23.2 Å². The summed E-state index contributed by atoms with van der Waals surface area (Å²) in [5.41, 5.74) is 1.64. The van der Waals surface area contributed by atoms with Crippen LogP contribution in [0.5, 0.6) is 0 Å². The third-order valence-electron chi connectivity index (χ3n) is 6.11. The van der Waals surface area contributed by atoms with Gasteiger partial charge in [-0.3, -0.25) is 9.10 Å². The van der Waals surface area contributed by atoms with Crippen molar-refractivity contribution in [3.8, 4) is 0 Å². The third kappa shape index (κ3) is 5.93. The van der Waals surface area contributed by atoms with Gasteiger partial charge >= 0.3 is 0 Å². The number of halogens is 2. The first-order valence-corrected chi connectivity index (χ1v) is 13.4. The van der Waals surface area contributed by atoms with Crippen molar-refractivity contribution >= 4 is 44.8 Å². The molecule has 178 valence electrons. The maximum absolute atomic E-state index is 13.5. The monoisotopic (exact) mass is 516 g/mol. The highest BCUT2D eigenvalue weighted by Crippen LogP contribution is 2.28. The molecular formula is C26H26Cl2N2O3S. The molecule has 1 aliphatic heterocycles. The maximum atomic E-state index is 13.5. The molecule has 0 bridgehead atoms. The van der Waals surface area contributed by atoms with Gasteiger partial charge in [0.2, 0.25) is 5.91 Å². The second kappa shape index (κ2) is 10.8. The minimum Gasteiger partial charge on any atom is -0.341 e. The van der Waals surface area contributed by atoms with Crippen LogP contribution in [0.25, 0.3) is 0 Å². The Kier molecular flexibility index (Phi) is 7.81. The van der Waals surface area contributed by atoms with Gasteiger partial charge in [-0.1, -0.05) is 59.6 Å². The van der Waals surface area contributed by atoms with E-state index in [1.54, 1.807) is 29.2 Å². The van der Waals surface area contributed by atoms with Crippen molar-refractivity contribution in [2.45, 2.75) is 24.2 Å². The van der Waals surface area contributed by atoms with Crippen molar-refractivity contribution in [2.24, 2.45) is 5.92 Å². The Morgan fingerprint density at radius 3 is 2.21 bits per heavy atom. The number of rotatable bonds is 7. The molecule has 3 aromatic rings. The van der Waals surface area contributed by atoms with E-state index in [4.69, 9.17) is 23.2 Å². The lowest BCUT2D eigenvalue weighted by Gasteiger charge is -2.34. The zero-order chi connectivity index (χ0) is 24.1. The van der Waals surface area contributed by atoms with Gasteiger partial charge in [0.05, 0.1) is 10.6 Å². The van der Waals surface area contributed by atoms with Crippen molar-refractivity contribution in [3.63, 3.8) is 0 Å². The number of hydrogen-bond donors (Lipinski definition) is 0. The summed E-state index contributed by atoms with van der Waals surface area (Å²) in [6.07, 6.45) is 2.77. The van der Waals surface area contributed by atoms with Crippen LogP contribution in [-0.2, 0) is 21.2 Å². The summed E-state index contributed by atoms with van der Waals surface area (Å²) in [5, 5.41) is 0.825. The van der Waals surface area contributed by atoms with Gasteiger partial charge in [-0.2, -0.15) is 0 Å². The van der Waals surface area contributed by atoms with E-state index in [0.717, 1.165) is 23.6 Å². The zero-order valence-electron chi connectivity index (χ0n) is 18.6. The fourth-order valence-electron chi connectivity index (χ4n) is 4.24. The van der Waals surface area contributed by atoms with Gasteiger partial charge in [-0.25, -0.2) is 8.42 Å². The lowest BCUT2D eigenvalue weighted by Crippen LogP contribution is -2.46. The summed E-state index contributed by atoms with van der Waals surface area (Å²) in [6.45, 7) is 0.927. The molecule has 8 heteroatoms. The fourth-order valence-corrected chi connectivity index (χ4v) is 5.95. The Bertz CT molecular complexity index is 1230. The largest absolute Gasteiger partial charge is 0.341 e. The van der Waals surface area contributed by atoms with Crippen molar-refractivity contribution in [3.05, 3.63) is 94.5 Å². The van der Waals surface area contributed by atoms with Crippen LogP contribution in [-0.4, -0.2) is 38.9 Å². The normalized spacial score (nSPS) is 14.7. The van der Waals surface area contributed by atoms with E-state index in [-0.39, 0.29) is 17.3 Å². The summed E-state index contributed by atoms with van der Waals surface area (Å²) in [4.78, 5) is 15.1. The van der Waals surface area contributed by atoms with E-state index in [0.29, 0.717) is 34.7 Å². The molecule has 0 saturated carbocycles. The van der Waals surface area contributed by atoms with Crippen LogP contribution < -0.4 is 4.31 Å². The van der Waals surface area contributed by atoms with Gasteiger partial charge in [0.1, 0.15) is 6.54 Å². The SMILES string of the molecule is O=C(CN(c1cccc(Cl)c1)S(=O)(=O)c1ccc(Cl)cc1)N1CCC(Cc2ccccc2)CC1. The van der Waals surface area contributed by atoms with Crippen LogP contribution in [0.1, 0.15) is 18.4 Å². The van der Waals surface area contributed by atoms with Gasteiger partial charge < -0.3 is 4.90 Å². The van der Waals surface area contributed by atoms with Crippen molar-refractivity contribution in [1.29, 1.82) is 0 Å². The molecular weight excluding hydrogens is 491 g/mol. The number of carbonyl (C=O) groups excluding carboxylic acids is 1. The molecule has 0 radical (unpaired) electrons. The van der Waals surface area contributed by atoms with E-state index in [1.165, 1.54) is 29.8 Å². The van der Waals surface area contributed by atoms with E-state index in [2.05, 4.69) is 12.1 Å². The zero-order valence-corrected chi connectivity index (χ0v) is 20.9. The quantitative estimate of drug-likeness (QED) is 0.406. The predicted octanol–water partition coefficient (Wildman–Crippen LogP) is 5.67. The first-order valence-electron chi connectivity index (χ1n) is 11.2. The number of hydrogen-bond acceptors (Lipinski definition) is 3. The summed E-state index contributed by atoms with van der Waals surface area (Å²) in [6, 6.07) is 22.8. The second-order valence-electron chi connectivity index (χ2n) is 8.46. The third-order valence-corrected chi connectivity index (χ3v) is 8.39. The van der Waals surface area contributed by atoms with Gasteiger partial charge in [-0.15, -0.1) is 0 Å². The summed E-state index contributed by atoms with van der Waals surface area (Å²) < 4.78 is 28.1. The summed E-state index contributed by atoms with van der Waals surface area (Å²) in [5.74, 6) is 0.281. The minimum atomic E-state index is -4.00. The number of anilines is 1. The molecule has 1 heterocycles. The molecule has 1 aliphatic rings. The van der Waals surface area contributed by atoms with E-state index < -0.39 is 10.0 Å². The molecule has 1 amide bonds. The van der Waals surface area contributed by atoms with Crippen LogP contribution in [0, 0.1) is 5.92 Å². The highest BCUT2D eigenvalue weighted by atomic mass is 35.5. The molecule has 0 spiro atoms. The molecule has 0 atom stereocenters. The molecule has 34 heavy (non-hydrogen) atoms. The van der Waals surface area contributed by atoms with Crippen LogP contribution in [0.3, 0.4) is 0 Å². The number of likely N-dealkylation sites (tertiary alicyclic amines) is 1. The number of piperidine rings is 1. The van der Waals surface area contributed by atoms with E-state index >= 15 is 0 Å².